The minimum atomic E-state index is -0.257. The number of benzene rings is 1. The van der Waals surface area contributed by atoms with Crippen molar-refractivity contribution in [3.8, 4) is 0 Å². The molecule has 126 valence electrons. The van der Waals surface area contributed by atoms with Crippen molar-refractivity contribution in [2.24, 2.45) is 11.7 Å². The number of likely N-dealkylation sites (tertiary alicyclic amines) is 1. The second-order valence-corrected chi connectivity index (χ2v) is 7.24. The van der Waals surface area contributed by atoms with Gasteiger partial charge in [0.15, 0.2) is 0 Å². The molecule has 1 aromatic heterocycles. The van der Waals surface area contributed by atoms with Crippen molar-refractivity contribution < 1.29 is 9.18 Å². The van der Waals surface area contributed by atoms with Crippen LogP contribution in [0, 0.1) is 18.7 Å². The number of thiophene rings is 1. The molecule has 3 rings (SSSR count). The van der Waals surface area contributed by atoms with Crippen LogP contribution in [0.15, 0.2) is 18.2 Å². The molecule has 1 aliphatic heterocycles. The third kappa shape index (κ3) is 3.23. The monoisotopic (exact) mass is 356 g/mol. The van der Waals surface area contributed by atoms with Gasteiger partial charge in [0.1, 0.15) is 5.82 Å². The zero-order chi connectivity index (χ0) is 15.9. The summed E-state index contributed by atoms with van der Waals surface area (Å²) in [5, 5.41) is 0.575. The Bertz CT molecular complexity index is 718. The van der Waals surface area contributed by atoms with Gasteiger partial charge in [0.2, 0.25) is 0 Å². The first-order valence-electron chi connectivity index (χ1n) is 7.71. The molecule has 0 radical (unpaired) electrons. The van der Waals surface area contributed by atoms with E-state index in [1.54, 1.807) is 6.07 Å². The SMILES string of the molecule is Cc1c(C(=O)N2CCC(C)CC2CN)sc2cccc(F)c12.Cl. The minimum Gasteiger partial charge on any atom is -0.334 e. The van der Waals surface area contributed by atoms with Gasteiger partial charge in [0.25, 0.3) is 5.91 Å². The van der Waals surface area contributed by atoms with Crippen LogP contribution in [0.2, 0.25) is 0 Å². The standard InChI is InChI=1S/C17H21FN2OS.ClH/c1-10-6-7-20(12(8-10)9-19)17(21)16-11(2)15-13(18)4-3-5-14(15)22-16;/h3-5,10,12H,6-9,19H2,1-2H3;1H. The Kier molecular flexibility index (Phi) is 5.65. The molecular weight excluding hydrogens is 335 g/mol. The molecule has 0 saturated carbocycles. The van der Waals surface area contributed by atoms with E-state index in [4.69, 9.17) is 5.73 Å². The van der Waals surface area contributed by atoms with Crippen LogP contribution in [0.3, 0.4) is 0 Å². The number of nitrogens with zero attached hydrogens (tertiary/aromatic N) is 1. The lowest BCUT2D eigenvalue weighted by atomic mass is 9.92. The second-order valence-electron chi connectivity index (χ2n) is 6.19. The molecule has 1 saturated heterocycles. The number of aryl methyl sites for hydroxylation is 1. The maximum Gasteiger partial charge on any atom is 0.264 e. The fourth-order valence-electron chi connectivity index (χ4n) is 3.33. The second kappa shape index (κ2) is 7.16. The zero-order valence-electron chi connectivity index (χ0n) is 13.3. The molecule has 23 heavy (non-hydrogen) atoms. The highest BCUT2D eigenvalue weighted by molar-refractivity contribution is 7.21. The summed E-state index contributed by atoms with van der Waals surface area (Å²) in [7, 11) is 0. The van der Waals surface area contributed by atoms with E-state index in [9.17, 15) is 9.18 Å². The molecule has 0 bridgehead atoms. The highest BCUT2D eigenvalue weighted by atomic mass is 35.5. The fraction of sp³-hybridized carbons (Fsp3) is 0.471. The third-order valence-electron chi connectivity index (χ3n) is 4.61. The summed E-state index contributed by atoms with van der Waals surface area (Å²) >= 11 is 1.38. The van der Waals surface area contributed by atoms with Gasteiger partial charge in [-0.2, -0.15) is 0 Å². The summed E-state index contributed by atoms with van der Waals surface area (Å²) in [6.07, 6.45) is 1.95. The van der Waals surface area contributed by atoms with Crippen molar-refractivity contribution in [2.45, 2.75) is 32.7 Å². The number of fused-ring (bicyclic) bond motifs is 1. The van der Waals surface area contributed by atoms with Crippen LogP contribution in [0.1, 0.15) is 35.0 Å². The van der Waals surface area contributed by atoms with Gasteiger partial charge in [0, 0.05) is 29.2 Å². The van der Waals surface area contributed by atoms with Crippen LogP contribution in [0.5, 0.6) is 0 Å². The predicted molar refractivity (Wildman–Crippen MR) is 96.0 cm³/mol. The fourth-order valence-corrected chi connectivity index (χ4v) is 4.51. The zero-order valence-corrected chi connectivity index (χ0v) is 15.0. The predicted octanol–water partition coefficient (Wildman–Crippen LogP) is 3.97. The largest absolute Gasteiger partial charge is 0.334 e. The van der Waals surface area contributed by atoms with Gasteiger partial charge in [0.05, 0.1) is 4.88 Å². The Morgan fingerprint density at radius 3 is 2.87 bits per heavy atom. The Morgan fingerprint density at radius 1 is 1.48 bits per heavy atom. The Hall–Kier alpha value is -1.17. The molecule has 1 fully saturated rings. The molecule has 2 aromatic rings. The van der Waals surface area contributed by atoms with Crippen molar-refractivity contribution in [3.05, 3.63) is 34.5 Å². The molecule has 2 unspecified atom stereocenters. The van der Waals surface area contributed by atoms with Crippen LogP contribution < -0.4 is 5.73 Å². The van der Waals surface area contributed by atoms with E-state index in [2.05, 4.69) is 6.92 Å². The van der Waals surface area contributed by atoms with Gasteiger partial charge in [-0.1, -0.05) is 13.0 Å². The lowest BCUT2D eigenvalue weighted by Crippen LogP contribution is -2.49. The van der Waals surface area contributed by atoms with E-state index in [0.717, 1.165) is 29.6 Å². The van der Waals surface area contributed by atoms with Crippen LogP contribution in [-0.2, 0) is 0 Å². The van der Waals surface area contributed by atoms with Crippen molar-refractivity contribution in [1.29, 1.82) is 0 Å². The lowest BCUT2D eigenvalue weighted by Gasteiger charge is -2.37. The van der Waals surface area contributed by atoms with Gasteiger partial charge in [-0.25, -0.2) is 4.39 Å². The molecule has 0 aliphatic carbocycles. The van der Waals surface area contributed by atoms with Gasteiger partial charge in [-0.3, -0.25) is 4.79 Å². The number of carbonyl (C=O) groups excluding carboxylic acids is 1. The van der Waals surface area contributed by atoms with E-state index in [-0.39, 0.29) is 30.2 Å². The van der Waals surface area contributed by atoms with E-state index < -0.39 is 0 Å². The average Bonchev–Trinajstić information content (AvgIpc) is 2.85. The van der Waals surface area contributed by atoms with Crippen molar-refractivity contribution in [1.82, 2.24) is 4.90 Å². The number of hydrogen-bond donors (Lipinski definition) is 1. The molecule has 0 spiro atoms. The molecule has 2 heterocycles. The first-order valence-corrected chi connectivity index (χ1v) is 8.53. The summed E-state index contributed by atoms with van der Waals surface area (Å²) in [5.74, 6) is 0.340. The Labute approximate surface area is 146 Å². The van der Waals surface area contributed by atoms with Crippen molar-refractivity contribution in [2.75, 3.05) is 13.1 Å². The molecule has 2 atom stereocenters. The van der Waals surface area contributed by atoms with Crippen molar-refractivity contribution in [3.63, 3.8) is 0 Å². The number of piperidine rings is 1. The summed E-state index contributed by atoms with van der Waals surface area (Å²) in [4.78, 5) is 15.5. The van der Waals surface area contributed by atoms with Gasteiger partial charge >= 0.3 is 0 Å². The van der Waals surface area contributed by atoms with E-state index in [1.165, 1.54) is 17.4 Å². The van der Waals surface area contributed by atoms with Gasteiger partial charge < -0.3 is 10.6 Å². The molecule has 6 heteroatoms. The highest BCUT2D eigenvalue weighted by Gasteiger charge is 2.31. The van der Waals surface area contributed by atoms with Crippen LogP contribution in [-0.4, -0.2) is 29.9 Å². The number of hydrogen-bond acceptors (Lipinski definition) is 3. The van der Waals surface area contributed by atoms with Crippen LogP contribution >= 0.6 is 23.7 Å². The third-order valence-corrected chi connectivity index (χ3v) is 5.85. The lowest BCUT2D eigenvalue weighted by molar-refractivity contribution is 0.0578. The molecule has 1 amide bonds. The highest BCUT2D eigenvalue weighted by Crippen LogP contribution is 2.34. The number of rotatable bonds is 2. The first-order chi connectivity index (χ1) is 10.5. The summed E-state index contributed by atoms with van der Waals surface area (Å²) in [6.45, 7) is 5.25. The van der Waals surface area contributed by atoms with Crippen LogP contribution in [0.4, 0.5) is 4.39 Å². The quantitative estimate of drug-likeness (QED) is 0.884. The number of carbonyl (C=O) groups is 1. The molecule has 2 N–H and O–H groups in total. The van der Waals surface area contributed by atoms with E-state index in [0.29, 0.717) is 22.7 Å². The Balaban J connectivity index is 0.00000192. The van der Waals surface area contributed by atoms with Crippen LogP contribution in [0.25, 0.3) is 10.1 Å². The number of nitrogens with two attached hydrogens (primary N) is 1. The Morgan fingerprint density at radius 2 is 2.22 bits per heavy atom. The van der Waals surface area contributed by atoms with E-state index in [1.807, 2.05) is 17.9 Å². The first kappa shape index (κ1) is 18.2. The maximum absolute atomic E-state index is 14.0. The summed E-state index contributed by atoms with van der Waals surface area (Å²) in [5.41, 5.74) is 6.61. The maximum atomic E-state index is 14.0. The average molecular weight is 357 g/mol. The molecular formula is C17H22ClFN2OS. The summed E-state index contributed by atoms with van der Waals surface area (Å²) < 4.78 is 14.9. The summed E-state index contributed by atoms with van der Waals surface area (Å²) in [6, 6.07) is 5.09. The van der Waals surface area contributed by atoms with Gasteiger partial charge in [-0.05, 0) is 43.4 Å². The minimum absolute atomic E-state index is 0. The number of amides is 1. The molecule has 3 nitrogen and oxygen atoms in total. The number of halogens is 2. The van der Waals surface area contributed by atoms with E-state index >= 15 is 0 Å². The topological polar surface area (TPSA) is 46.3 Å². The smallest absolute Gasteiger partial charge is 0.264 e. The molecule has 1 aromatic carbocycles. The van der Waals surface area contributed by atoms with Gasteiger partial charge in [-0.15, -0.1) is 23.7 Å². The molecule has 1 aliphatic rings. The van der Waals surface area contributed by atoms with Crippen molar-refractivity contribution >= 4 is 39.7 Å². The normalized spacial score (nSPS) is 21.3.